The van der Waals surface area contributed by atoms with E-state index < -0.39 is 0 Å². The van der Waals surface area contributed by atoms with Crippen LogP contribution in [0.25, 0.3) is 0 Å². The van der Waals surface area contributed by atoms with Crippen molar-refractivity contribution in [3.63, 3.8) is 0 Å². The van der Waals surface area contributed by atoms with E-state index >= 15 is 0 Å². The van der Waals surface area contributed by atoms with Gasteiger partial charge in [0.25, 0.3) is 0 Å². The van der Waals surface area contributed by atoms with Gasteiger partial charge in [0.05, 0.1) is 0 Å². The number of nitrogens with zero attached hydrogens (tertiary/aromatic N) is 1. The molecule has 0 saturated heterocycles. The van der Waals surface area contributed by atoms with Gasteiger partial charge in [-0.25, -0.2) is 0 Å². The Labute approximate surface area is 91.8 Å². The molecule has 2 N–H and O–H groups in total. The van der Waals surface area contributed by atoms with Crippen LogP contribution in [-0.2, 0) is 12.8 Å². The molecule has 1 aromatic rings. The molecule has 0 aromatic carbocycles. The van der Waals surface area contributed by atoms with E-state index in [-0.39, 0.29) is 24.8 Å². The van der Waals surface area contributed by atoms with Crippen molar-refractivity contribution in [1.29, 1.82) is 0 Å². The van der Waals surface area contributed by atoms with Crippen LogP contribution in [0.2, 0.25) is 0 Å². The Morgan fingerprint density at radius 1 is 1.31 bits per heavy atom. The fourth-order valence-electron chi connectivity index (χ4n) is 0.960. The molecule has 0 amide bonds. The number of nitrogens with two attached hydrogens (primary N) is 1. The lowest BCUT2D eigenvalue weighted by molar-refractivity contribution is 0.915. The maximum Gasteiger partial charge on any atom is 0.0416 e. The Kier molecular flexibility index (Phi) is 9.68. The second kappa shape index (κ2) is 8.30. The quantitative estimate of drug-likeness (QED) is 0.850. The Balaban J connectivity index is 0. The smallest absolute Gasteiger partial charge is 0.0416 e. The molecule has 0 aliphatic carbocycles. The maximum absolute atomic E-state index is 5.39. The molecule has 13 heavy (non-hydrogen) atoms. The molecule has 0 bridgehead atoms. The summed E-state index contributed by atoms with van der Waals surface area (Å²) in [6.45, 7) is 2.80. The molecule has 0 radical (unpaired) electrons. The van der Waals surface area contributed by atoms with Crippen molar-refractivity contribution < 1.29 is 0 Å². The van der Waals surface area contributed by atoms with Crippen LogP contribution in [0.5, 0.6) is 0 Å². The molecule has 0 aliphatic heterocycles. The standard InChI is InChI=1S/C9H14N2.2ClH/c1-2-8-3-4-9(5-6-10)11-7-8;;/h3-4,7H,2,5-6,10H2,1H3;2*1H. The highest BCUT2D eigenvalue weighted by Gasteiger charge is 1.92. The highest BCUT2D eigenvalue weighted by atomic mass is 35.5. The summed E-state index contributed by atoms with van der Waals surface area (Å²) in [6, 6.07) is 4.16. The van der Waals surface area contributed by atoms with Gasteiger partial charge in [-0.3, -0.25) is 4.98 Å². The van der Waals surface area contributed by atoms with E-state index in [0.29, 0.717) is 6.54 Å². The van der Waals surface area contributed by atoms with Gasteiger partial charge < -0.3 is 5.73 Å². The van der Waals surface area contributed by atoms with E-state index in [2.05, 4.69) is 18.0 Å². The van der Waals surface area contributed by atoms with Crippen LogP contribution < -0.4 is 5.73 Å². The second-order valence-electron chi connectivity index (χ2n) is 2.55. The normalized spacial score (nSPS) is 8.46. The number of hydrogen-bond donors (Lipinski definition) is 1. The maximum atomic E-state index is 5.39. The summed E-state index contributed by atoms with van der Waals surface area (Å²) >= 11 is 0. The van der Waals surface area contributed by atoms with Crippen molar-refractivity contribution >= 4 is 24.8 Å². The Morgan fingerprint density at radius 2 is 2.00 bits per heavy atom. The third-order valence-corrected chi connectivity index (χ3v) is 1.69. The first-order valence-corrected chi connectivity index (χ1v) is 4.00. The summed E-state index contributed by atoms with van der Waals surface area (Å²) in [5.74, 6) is 0. The lowest BCUT2D eigenvalue weighted by Crippen LogP contribution is -2.04. The third kappa shape index (κ3) is 5.09. The highest BCUT2D eigenvalue weighted by molar-refractivity contribution is 5.85. The molecule has 1 aromatic heterocycles. The van der Waals surface area contributed by atoms with Crippen LogP contribution in [0.1, 0.15) is 18.2 Å². The molecule has 1 heterocycles. The van der Waals surface area contributed by atoms with Gasteiger partial charge >= 0.3 is 0 Å². The van der Waals surface area contributed by atoms with Crippen molar-refractivity contribution in [2.75, 3.05) is 6.54 Å². The van der Waals surface area contributed by atoms with Crippen LogP contribution in [0.15, 0.2) is 18.3 Å². The minimum absolute atomic E-state index is 0. The fourth-order valence-corrected chi connectivity index (χ4v) is 0.960. The summed E-state index contributed by atoms with van der Waals surface area (Å²) in [4.78, 5) is 4.26. The molecule has 4 heteroatoms. The average molecular weight is 223 g/mol. The highest BCUT2D eigenvalue weighted by Crippen LogP contribution is 2.00. The van der Waals surface area contributed by atoms with Gasteiger partial charge in [-0.15, -0.1) is 24.8 Å². The molecule has 0 fully saturated rings. The summed E-state index contributed by atoms with van der Waals surface area (Å²) in [5, 5.41) is 0. The lowest BCUT2D eigenvalue weighted by Gasteiger charge is -1.98. The summed E-state index contributed by atoms with van der Waals surface area (Å²) in [7, 11) is 0. The van der Waals surface area contributed by atoms with Crippen LogP contribution in [0.4, 0.5) is 0 Å². The van der Waals surface area contributed by atoms with Gasteiger partial charge in [-0.2, -0.15) is 0 Å². The van der Waals surface area contributed by atoms with Gasteiger partial charge in [0.2, 0.25) is 0 Å². The van der Waals surface area contributed by atoms with Gasteiger partial charge in [0.15, 0.2) is 0 Å². The van der Waals surface area contributed by atoms with E-state index in [9.17, 15) is 0 Å². The second-order valence-corrected chi connectivity index (χ2v) is 2.55. The molecule has 0 spiro atoms. The van der Waals surface area contributed by atoms with E-state index in [4.69, 9.17) is 5.73 Å². The lowest BCUT2D eigenvalue weighted by atomic mass is 10.2. The molecule has 1 rings (SSSR count). The van der Waals surface area contributed by atoms with Gasteiger partial charge in [0, 0.05) is 18.3 Å². The zero-order valence-electron chi connectivity index (χ0n) is 7.69. The molecule has 0 aliphatic rings. The van der Waals surface area contributed by atoms with Crippen LogP contribution in [0.3, 0.4) is 0 Å². The number of halogens is 2. The Morgan fingerprint density at radius 3 is 2.38 bits per heavy atom. The van der Waals surface area contributed by atoms with E-state index in [1.54, 1.807) is 0 Å². The molecule has 0 atom stereocenters. The predicted octanol–water partition coefficient (Wildman–Crippen LogP) is 1.99. The number of pyridine rings is 1. The van der Waals surface area contributed by atoms with Crippen molar-refractivity contribution in [3.8, 4) is 0 Å². The largest absolute Gasteiger partial charge is 0.330 e. The summed E-state index contributed by atoms with van der Waals surface area (Å²) < 4.78 is 0. The summed E-state index contributed by atoms with van der Waals surface area (Å²) in [5.41, 5.74) is 7.76. The van der Waals surface area contributed by atoms with Crippen molar-refractivity contribution in [2.45, 2.75) is 19.8 Å². The van der Waals surface area contributed by atoms with Crippen molar-refractivity contribution in [1.82, 2.24) is 4.98 Å². The third-order valence-electron chi connectivity index (χ3n) is 1.69. The molecule has 2 nitrogen and oxygen atoms in total. The van der Waals surface area contributed by atoms with Gasteiger partial charge in [-0.1, -0.05) is 13.0 Å². The van der Waals surface area contributed by atoms with Gasteiger partial charge in [0.1, 0.15) is 0 Å². The first-order valence-electron chi connectivity index (χ1n) is 4.00. The average Bonchev–Trinajstić information content (AvgIpc) is 2.07. The van der Waals surface area contributed by atoms with Crippen molar-refractivity contribution in [2.24, 2.45) is 5.73 Å². The van der Waals surface area contributed by atoms with E-state index in [0.717, 1.165) is 18.5 Å². The molecule has 0 unspecified atom stereocenters. The SMILES string of the molecule is CCc1ccc(CCN)nc1.Cl.Cl. The molecular weight excluding hydrogens is 207 g/mol. The number of aryl methyl sites for hydroxylation is 1. The van der Waals surface area contributed by atoms with Crippen LogP contribution in [0, 0.1) is 0 Å². The zero-order valence-corrected chi connectivity index (χ0v) is 9.33. The predicted molar refractivity (Wildman–Crippen MR) is 60.9 cm³/mol. The Bertz CT molecular complexity index is 211. The van der Waals surface area contributed by atoms with Crippen LogP contribution >= 0.6 is 24.8 Å². The number of rotatable bonds is 3. The minimum Gasteiger partial charge on any atom is -0.330 e. The summed E-state index contributed by atoms with van der Waals surface area (Å²) in [6.07, 6.45) is 3.85. The minimum atomic E-state index is 0. The van der Waals surface area contributed by atoms with Crippen LogP contribution in [-0.4, -0.2) is 11.5 Å². The van der Waals surface area contributed by atoms with Gasteiger partial charge in [-0.05, 0) is 24.6 Å². The Hall–Kier alpha value is -0.310. The van der Waals surface area contributed by atoms with Crippen molar-refractivity contribution in [3.05, 3.63) is 29.6 Å². The first-order chi connectivity index (χ1) is 5.36. The number of aromatic nitrogens is 1. The zero-order chi connectivity index (χ0) is 8.10. The fraction of sp³-hybridized carbons (Fsp3) is 0.444. The molecular formula is C9H16Cl2N2. The monoisotopic (exact) mass is 222 g/mol. The van der Waals surface area contributed by atoms with E-state index in [1.807, 2.05) is 12.3 Å². The number of hydrogen-bond acceptors (Lipinski definition) is 2. The first kappa shape index (κ1) is 15.2. The molecule has 76 valence electrons. The van der Waals surface area contributed by atoms with E-state index in [1.165, 1.54) is 5.56 Å². The molecule has 0 saturated carbocycles. The topological polar surface area (TPSA) is 38.9 Å².